The highest BCUT2D eigenvalue weighted by molar-refractivity contribution is 7.89. The highest BCUT2D eigenvalue weighted by Crippen LogP contribution is 2.19. The largest absolute Gasteiger partial charge is 0.381 e. The van der Waals surface area contributed by atoms with E-state index in [4.69, 9.17) is 10.00 Å². The molecular weight excluding hydrogens is 266 g/mol. The summed E-state index contributed by atoms with van der Waals surface area (Å²) in [5.74, 6) is 0.164. The smallest absolute Gasteiger partial charge is 0.243 e. The summed E-state index contributed by atoms with van der Waals surface area (Å²) >= 11 is 0. The zero-order chi connectivity index (χ0) is 13.9. The van der Waals surface area contributed by atoms with Crippen molar-refractivity contribution in [2.45, 2.75) is 24.3 Å². The maximum atomic E-state index is 12.2. The van der Waals surface area contributed by atoms with Gasteiger partial charge in [-0.15, -0.1) is 0 Å². The SMILES string of the molecule is CC(NS(=O)(=O)c1cccnc1C#N)C1CCOC1. The second-order valence-electron chi connectivity index (χ2n) is 4.50. The Bertz CT molecular complexity index is 588. The fraction of sp³-hybridized carbons (Fsp3) is 0.500. The van der Waals surface area contributed by atoms with Crippen LogP contribution in [0.5, 0.6) is 0 Å². The Kier molecular flexibility index (Phi) is 4.14. The van der Waals surface area contributed by atoms with Crippen molar-refractivity contribution in [1.29, 1.82) is 5.26 Å². The molecule has 0 aliphatic carbocycles. The van der Waals surface area contributed by atoms with Crippen molar-refractivity contribution < 1.29 is 13.2 Å². The van der Waals surface area contributed by atoms with E-state index in [1.165, 1.54) is 18.3 Å². The number of pyridine rings is 1. The zero-order valence-corrected chi connectivity index (χ0v) is 11.4. The molecule has 0 bridgehead atoms. The van der Waals surface area contributed by atoms with Crippen molar-refractivity contribution in [3.05, 3.63) is 24.0 Å². The fourth-order valence-corrected chi connectivity index (χ4v) is 3.46. The lowest BCUT2D eigenvalue weighted by Crippen LogP contribution is -2.38. The summed E-state index contributed by atoms with van der Waals surface area (Å²) in [5.41, 5.74) is -0.0927. The maximum Gasteiger partial charge on any atom is 0.243 e. The van der Waals surface area contributed by atoms with E-state index < -0.39 is 10.0 Å². The molecule has 2 atom stereocenters. The van der Waals surface area contributed by atoms with Gasteiger partial charge in [0.15, 0.2) is 5.69 Å². The van der Waals surface area contributed by atoms with Gasteiger partial charge in [-0.2, -0.15) is 5.26 Å². The van der Waals surface area contributed by atoms with E-state index in [2.05, 4.69) is 9.71 Å². The van der Waals surface area contributed by atoms with E-state index in [0.29, 0.717) is 13.2 Å². The predicted octanol–water partition coefficient (Wildman–Crippen LogP) is 0.657. The molecular formula is C12H15N3O3S. The van der Waals surface area contributed by atoms with Crippen LogP contribution in [0.2, 0.25) is 0 Å². The van der Waals surface area contributed by atoms with E-state index >= 15 is 0 Å². The van der Waals surface area contributed by atoms with Crippen LogP contribution in [-0.4, -0.2) is 32.7 Å². The van der Waals surface area contributed by atoms with Crippen molar-refractivity contribution in [1.82, 2.24) is 9.71 Å². The van der Waals surface area contributed by atoms with E-state index in [1.807, 2.05) is 0 Å². The first-order chi connectivity index (χ1) is 9.04. The third kappa shape index (κ3) is 3.10. The van der Waals surface area contributed by atoms with Crippen LogP contribution in [0.15, 0.2) is 23.2 Å². The summed E-state index contributed by atoms with van der Waals surface area (Å²) in [6, 6.07) is 4.43. The minimum atomic E-state index is -3.73. The molecule has 6 nitrogen and oxygen atoms in total. The van der Waals surface area contributed by atoms with E-state index in [0.717, 1.165) is 6.42 Å². The average Bonchev–Trinajstić information content (AvgIpc) is 2.92. The molecule has 0 radical (unpaired) electrons. The van der Waals surface area contributed by atoms with Gasteiger partial charge < -0.3 is 4.74 Å². The number of hydrogen-bond acceptors (Lipinski definition) is 5. The number of nitrogens with one attached hydrogen (secondary N) is 1. The summed E-state index contributed by atoms with van der Waals surface area (Å²) < 4.78 is 32.3. The number of sulfonamides is 1. The number of nitriles is 1. The van der Waals surface area contributed by atoms with Crippen LogP contribution in [0.3, 0.4) is 0 Å². The fourth-order valence-electron chi connectivity index (χ4n) is 2.04. The number of rotatable bonds is 4. The molecule has 0 saturated carbocycles. The molecule has 0 aromatic carbocycles. The monoisotopic (exact) mass is 281 g/mol. The molecule has 7 heteroatoms. The van der Waals surface area contributed by atoms with Crippen LogP contribution in [0.25, 0.3) is 0 Å². The van der Waals surface area contributed by atoms with E-state index in [9.17, 15) is 8.42 Å². The molecule has 1 N–H and O–H groups in total. The number of hydrogen-bond donors (Lipinski definition) is 1. The van der Waals surface area contributed by atoms with Crippen LogP contribution >= 0.6 is 0 Å². The van der Waals surface area contributed by atoms with Crippen LogP contribution in [0.4, 0.5) is 0 Å². The Morgan fingerprint density at radius 3 is 3.05 bits per heavy atom. The molecule has 0 amide bonds. The molecule has 1 aromatic rings. The minimum Gasteiger partial charge on any atom is -0.381 e. The van der Waals surface area contributed by atoms with Gasteiger partial charge in [0.05, 0.1) is 6.61 Å². The summed E-state index contributed by atoms with van der Waals surface area (Å²) in [7, 11) is -3.73. The predicted molar refractivity (Wildman–Crippen MR) is 67.7 cm³/mol. The lowest BCUT2D eigenvalue weighted by molar-refractivity contribution is 0.180. The first kappa shape index (κ1) is 13.9. The summed E-state index contributed by atoms with van der Waals surface area (Å²) in [6.07, 6.45) is 2.23. The third-order valence-electron chi connectivity index (χ3n) is 3.18. The molecule has 2 heterocycles. The third-order valence-corrected chi connectivity index (χ3v) is 4.77. The number of ether oxygens (including phenoxy) is 1. The Balaban J connectivity index is 2.20. The molecule has 0 spiro atoms. The standard InChI is InChI=1S/C12H15N3O3S/c1-9(10-4-6-18-8-10)15-19(16,17)12-3-2-5-14-11(12)7-13/h2-3,5,9-10,15H,4,6,8H2,1H3. The lowest BCUT2D eigenvalue weighted by atomic mass is 10.0. The van der Waals surface area contributed by atoms with Gasteiger partial charge in [0.2, 0.25) is 10.0 Å². The molecule has 102 valence electrons. The molecule has 1 aliphatic heterocycles. The van der Waals surface area contributed by atoms with Gasteiger partial charge in [0.1, 0.15) is 11.0 Å². The average molecular weight is 281 g/mol. The van der Waals surface area contributed by atoms with E-state index in [1.54, 1.807) is 13.0 Å². The van der Waals surface area contributed by atoms with Crippen LogP contribution in [0.1, 0.15) is 19.0 Å². The first-order valence-electron chi connectivity index (χ1n) is 6.00. The normalized spacial score (nSPS) is 20.9. The Morgan fingerprint density at radius 1 is 1.63 bits per heavy atom. The van der Waals surface area contributed by atoms with Crippen molar-refractivity contribution >= 4 is 10.0 Å². The zero-order valence-electron chi connectivity index (χ0n) is 10.5. The van der Waals surface area contributed by atoms with Crippen molar-refractivity contribution in [2.75, 3.05) is 13.2 Å². The minimum absolute atomic E-state index is 0.0803. The topological polar surface area (TPSA) is 92.1 Å². The highest BCUT2D eigenvalue weighted by atomic mass is 32.2. The number of aromatic nitrogens is 1. The molecule has 19 heavy (non-hydrogen) atoms. The quantitative estimate of drug-likeness (QED) is 0.875. The second kappa shape index (κ2) is 5.65. The summed E-state index contributed by atoms with van der Waals surface area (Å²) in [6.45, 7) is 3.02. The van der Waals surface area contributed by atoms with Gasteiger partial charge in [0.25, 0.3) is 0 Å². The summed E-state index contributed by atoms with van der Waals surface area (Å²) in [5, 5.41) is 8.90. The van der Waals surface area contributed by atoms with Crippen LogP contribution in [0, 0.1) is 17.2 Å². The Labute approximate surface area is 112 Å². The van der Waals surface area contributed by atoms with Crippen LogP contribution < -0.4 is 4.72 Å². The van der Waals surface area contributed by atoms with E-state index in [-0.39, 0.29) is 22.5 Å². The Morgan fingerprint density at radius 2 is 2.42 bits per heavy atom. The molecule has 2 unspecified atom stereocenters. The lowest BCUT2D eigenvalue weighted by Gasteiger charge is -2.19. The van der Waals surface area contributed by atoms with Crippen LogP contribution in [-0.2, 0) is 14.8 Å². The maximum absolute atomic E-state index is 12.2. The van der Waals surface area contributed by atoms with Gasteiger partial charge in [-0.3, -0.25) is 0 Å². The summed E-state index contributed by atoms with van der Waals surface area (Å²) in [4.78, 5) is 3.68. The molecule has 1 aromatic heterocycles. The Hall–Kier alpha value is -1.49. The van der Waals surface area contributed by atoms with Crippen molar-refractivity contribution in [3.63, 3.8) is 0 Å². The molecule has 2 rings (SSSR count). The van der Waals surface area contributed by atoms with Crippen molar-refractivity contribution in [2.24, 2.45) is 5.92 Å². The molecule has 1 saturated heterocycles. The van der Waals surface area contributed by atoms with Gasteiger partial charge in [-0.05, 0) is 25.5 Å². The van der Waals surface area contributed by atoms with Gasteiger partial charge in [-0.1, -0.05) is 0 Å². The van der Waals surface area contributed by atoms with Gasteiger partial charge in [-0.25, -0.2) is 18.1 Å². The number of nitrogens with zero attached hydrogens (tertiary/aromatic N) is 2. The second-order valence-corrected chi connectivity index (χ2v) is 6.18. The molecule has 1 aliphatic rings. The van der Waals surface area contributed by atoms with Crippen molar-refractivity contribution in [3.8, 4) is 6.07 Å². The van der Waals surface area contributed by atoms with Gasteiger partial charge in [0, 0.05) is 24.8 Å². The highest BCUT2D eigenvalue weighted by Gasteiger charge is 2.28. The van der Waals surface area contributed by atoms with Gasteiger partial charge >= 0.3 is 0 Å². The molecule has 1 fully saturated rings. The first-order valence-corrected chi connectivity index (χ1v) is 7.48.